The first-order valence-electron chi connectivity index (χ1n) is 8.20. The number of hydrogen-bond acceptors (Lipinski definition) is 2. The quantitative estimate of drug-likeness (QED) is 0.910. The highest BCUT2D eigenvalue weighted by molar-refractivity contribution is 5.16. The molecule has 1 spiro atoms. The number of rotatable bonds is 4. The number of likely N-dealkylation sites (tertiary alicyclic amines) is 1. The van der Waals surface area contributed by atoms with E-state index in [1.807, 2.05) is 0 Å². The van der Waals surface area contributed by atoms with E-state index in [0.717, 1.165) is 6.42 Å². The number of benzene rings is 1. The second-order valence-electron chi connectivity index (χ2n) is 6.85. The average molecular weight is 273 g/mol. The van der Waals surface area contributed by atoms with Gasteiger partial charge in [-0.05, 0) is 30.2 Å². The lowest BCUT2D eigenvalue weighted by Crippen LogP contribution is -2.61. The van der Waals surface area contributed by atoms with Crippen molar-refractivity contribution in [2.24, 2.45) is 5.41 Å². The third-order valence-corrected chi connectivity index (χ3v) is 5.28. The molecule has 1 N–H and O–H groups in total. The van der Waals surface area contributed by atoms with Crippen molar-refractivity contribution in [1.82, 2.24) is 4.90 Å². The molecule has 1 unspecified atom stereocenters. The van der Waals surface area contributed by atoms with Crippen molar-refractivity contribution in [1.29, 1.82) is 0 Å². The molecule has 110 valence electrons. The second-order valence-corrected chi connectivity index (χ2v) is 6.85. The van der Waals surface area contributed by atoms with Gasteiger partial charge in [-0.15, -0.1) is 0 Å². The first kappa shape index (κ1) is 14.1. The molecule has 20 heavy (non-hydrogen) atoms. The van der Waals surface area contributed by atoms with E-state index in [2.05, 4.69) is 35.2 Å². The van der Waals surface area contributed by atoms with Crippen LogP contribution in [0.3, 0.4) is 0 Å². The summed E-state index contributed by atoms with van der Waals surface area (Å²) in [5, 5.41) is 9.72. The summed E-state index contributed by atoms with van der Waals surface area (Å²) in [6.45, 7) is 2.71. The molecule has 2 fully saturated rings. The number of nitrogens with zero attached hydrogens (tertiary/aromatic N) is 1. The summed E-state index contributed by atoms with van der Waals surface area (Å²) in [5.74, 6) is 0. The van der Waals surface area contributed by atoms with Gasteiger partial charge in [0.1, 0.15) is 0 Å². The minimum absolute atomic E-state index is 0.283. The Kier molecular flexibility index (Phi) is 4.42. The maximum atomic E-state index is 9.72. The Balaban J connectivity index is 1.56. The van der Waals surface area contributed by atoms with E-state index in [-0.39, 0.29) is 6.61 Å². The molecule has 2 nitrogen and oxygen atoms in total. The predicted octanol–water partition coefficient (Wildman–Crippen LogP) is 3.25. The van der Waals surface area contributed by atoms with Crippen LogP contribution < -0.4 is 0 Å². The number of aliphatic hydroxyl groups excluding tert-OH is 1. The van der Waals surface area contributed by atoms with Crippen LogP contribution in [0.4, 0.5) is 0 Å². The van der Waals surface area contributed by atoms with Gasteiger partial charge in [0.2, 0.25) is 0 Å². The molecule has 1 atom stereocenters. The van der Waals surface area contributed by atoms with Crippen LogP contribution in [0, 0.1) is 5.41 Å². The Bertz CT molecular complexity index is 401. The van der Waals surface area contributed by atoms with Crippen molar-refractivity contribution < 1.29 is 5.11 Å². The summed E-state index contributed by atoms with van der Waals surface area (Å²) >= 11 is 0. The van der Waals surface area contributed by atoms with Crippen LogP contribution in [0.1, 0.15) is 44.1 Å². The Morgan fingerprint density at radius 1 is 1.00 bits per heavy atom. The Morgan fingerprint density at radius 2 is 1.65 bits per heavy atom. The van der Waals surface area contributed by atoms with Crippen molar-refractivity contribution >= 4 is 0 Å². The molecule has 1 saturated heterocycles. The lowest BCUT2D eigenvalue weighted by molar-refractivity contribution is -0.0545. The SMILES string of the molecule is OCC(Cc1ccccc1)N1CC2(CCCCCC2)C1. The molecule has 2 aliphatic rings. The fraction of sp³-hybridized carbons (Fsp3) is 0.667. The molecule has 1 aliphatic carbocycles. The largest absolute Gasteiger partial charge is 0.395 e. The molecule has 2 heteroatoms. The zero-order chi connectivity index (χ0) is 13.8. The minimum atomic E-state index is 0.283. The molecule has 1 saturated carbocycles. The summed E-state index contributed by atoms with van der Waals surface area (Å²) in [4.78, 5) is 2.51. The van der Waals surface area contributed by atoms with Crippen LogP contribution in [-0.2, 0) is 6.42 Å². The van der Waals surface area contributed by atoms with Crippen molar-refractivity contribution in [3.8, 4) is 0 Å². The molecular weight excluding hydrogens is 246 g/mol. The molecule has 0 radical (unpaired) electrons. The molecule has 0 amide bonds. The van der Waals surface area contributed by atoms with Crippen LogP contribution in [0.5, 0.6) is 0 Å². The standard InChI is InChI=1S/C18H27NO/c20-13-17(12-16-8-4-3-5-9-16)19-14-18(15-19)10-6-1-2-7-11-18/h3-5,8-9,17,20H,1-2,6-7,10-15H2. The van der Waals surface area contributed by atoms with Crippen LogP contribution >= 0.6 is 0 Å². The second kappa shape index (κ2) is 6.28. The molecule has 1 heterocycles. The van der Waals surface area contributed by atoms with E-state index in [0.29, 0.717) is 11.5 Å². The molecule has 0 bridgehead atoms. The van der Waals surface area contributed by atoms with Gasteiger partial charge in [0, 0.05) is 19.1 Å². The van der Waals surface area contributed by atoms with Gasteiger partial charge >= 0.3 is 0 Å². The minimum Gasteiger partial charge on any atom is -0.395 e. The highest BCUT2D eigenvalue weighted by Crippen LogP contribution is 2.43. The predicted molar refractivity (Wildman–Crippen MR) is 82.7 cm³/mol. The summed E-state index contributed by atoms with van der Waals surface area (Å²) in [6.07, 6.45) is 9.48. The van der Waals surface area contributed by atoms with Crippen LogP contribution in [0.2, 0.25) is 0 Å². The zero-order valence-corrected chi connectivity index (χ0v) is 12.4. The van der Waals surface area contributed by atoms with Crippen LogP contribution in [0.25, 0.3) is 0 Å². The topological polar surface area (TPSA) is 23.5 Å². The van der Waals surface area contributed by atoms with E-state index in [1.54, 1.807) is 0 Å². The molecule has 1 aromatic carbocycles. The van der Waals surface area contributed by atoms with E-state index >= 15 is 0 Å². The normalized spacial score (nSPS) is 24.1. The fourth-order valence-electron chi connectivity index (χ4n) is 4.06. The monoisotopic (exact) mass is 273 g/mol. The molecular formula is C18H27NO. The third kappa shape index (κ3) is 3.07. The smallest absolute Gasteiger partial charge is 0.0590 e. The van der Waals surface area contributed by atoms with Gasteiger partial charge < -0.3 is 5.11 Å². The maximum Gasteiger partial charge on any atom is 0.0590 e. The van der Waals surface area contributed by atoms with Crippen LogP contribution in [0.15, 0.2) is 30.3 Å². The van der Waals surface area contributed by atoms with Crippen molar-refractivity contribution in [3.05, 3.63) is 35.9 Å². The van der Waals surface area contributed by atoms with Gasteiger partial charge in [-0.25, -0.2) is 0 Å². The average Bonchev–Trinajstić information content (AvgIpc) is 2.70. The molecule has 0 aromatic heterocycles. The third-order valence-electron chi connectivity index (χ3n) is 5.28. The van der Waals surface area contributed by atoms with Crippen molar-refractivity contribution in [3.63, 3.8) is 0 Å². The molecule has 1 aromatic rings. The number of hydrogen-bond donors (Lipinski definition) is 1. The first-order chi connectivity index (χ1) is 9.81. The highest BCUT2D eigenvalue weighted by Gasteiger charge is 2.44. The fourth-order valence-corrected chi connectivity index (χ4v) is 4.06. The molecule has 3 rings (SSSR count). The Morgan fingerprint density at radius 3 is 2.25 bits per heavy atom. The van der Waals surface area contributed by atoms with Gasteiger partial charge in [0.05, 0.1) is 6.61 Å². The maximum absolute atomic E-state index is 9.72. The summed E-state index contributed by atoms with van der Waals surface area (Å²) in [6, 6.07) is 10.9. The Labute approximate surface area is 122 Å². The lowest BCUT2D eigenvalue weighted by atomic mass is 9.72. The van der Waals surface area contributed by atoms with Crippen molar-refractivity contribution in [2.45, 2.75) is 51.0 Å². The highest BCUT2D eigenvalue weighted by atomic mass is 16.3. The van der Waals surface area contributed by atoms with Gasteiger partial charge in [-0.1, -0.05) is 56.0 Å². The zero-order valence-electron chi connectivity index (χ0n) is 12.4. The van der Waals surface area contributed by atoms with E-state index in [4.69, 9.17) is 0 Å². The van der Waals surface area contributed by atoms with E-state index < -0.39 is 0 Å². The van der Waals surface area contributed by atoms with E-state index in [1.165, 1.54) is 57.2 Å². The first-order valence-corrected chi connectivity index (χ1v) is 8.20. The van der Waals surface area contributed by atoms with E-state index in [9.17, 15) is 5.11 Å². The molecule has 1 aliphatic heterocycles. The van der Waals surface area contributed by atoms with Gasteiger partial charge in [0.15, 0.2) is 0 Å². The number of aliphatic hydroxyl groups is 1. The summed E-state index contributed by atoms with van der Waals surface area (Å²) < 4.78 is 0. The van der Waals surface area contributed by atoms with Crippen molar-refractivity contribution in [2.75, 3.05) is 19.7 Å². The Hall–Kier alpha value is -0.860. The van der Waals surface area contributed by atoms with Gasteiger partial charge in [0.25, 0.3) is 0 Å². The lowest BCUT2D eigenvalue weighted by Gasteiger charge is -2.53. The summed E-state index contributed by atoms with van der Waals surface area (Å²) in [7, 11) is 0. The van der Waals surface area contributed by atoms with Gasteiger partial charge in [-0.2, -0.15) is 0 Å². The van der Waals surface area contributed by atoms with Gasteiger partial charge in [-0.3, -0.25) is 4.90 Å². The summed E-state index contributed by atoms with van der Waals surface area (Å²) in [5.41, 5.74) is 1.94. The van der Waals surface area contributed by atoms with Crippen LogP contribution in [-0.4, -0.2) is 35.7 Å².